The average molecular weight is 621 g/mol. The highest BCUT2D eigenvalue weighted by Gasteiger charge is 2.47. The molecule has 7 nitrogen and oxygen atoms in total. The molecule has 0 bridgehead atoms. The third kappa shape index (κ3) is 6.81. The first kappa shape index (κ1) is 30.9. The molecule has 2 N–H and O–H groups in total. The molecular formula is C31H26F6N2O5. The van der Waals surface area contributed by atoms with Crippen LogP contribution in [0.3, 0.4) is 0 Å². The number of carboxylic acid groups (broad SMARTS) is 1. The van der Waals surface area contributed by atoms with Crippen molar-refractivity contribution in [1.29, 1.82) is 0 Å². The minimum Gasteiger partial charge on any atom is -0.481 e. The first-order valence-corrected chi connectivity index (χ1v) is 13.7. The summed E-state index contributed by atoms with van der Waals surface area (Å²) < 4.78 is 88.1. The maximum absolute atomic E-state index is 13.6. The molecule has 0 saturated heterocycles. The maximum atomic E-state index is 13.6. The van der Waals surface area contributed by atoms with E-state index in [-0.39, 0.29) is 50.1 Å². The zero-order valence-electron chi connectivity index (χ0n) is 23.0. The van der Waals surface area contributed by atoms with Gasteiger partial charge in [0.25, 0.3) is 5.91 Å². The van der Waals surface area contributed by atoms with Gasteiger partial charge in [-0.05, 0) is 85.3 Å². The number of rotatable bonds is 8. The Morgan fingerprint density at radius 3 is 2.16 bits per heavy atom. The highest BCUT2D eigenvalue weighted by Crippen LogP contribution is 2.50. The van der Waals surface area contributed by atoms with Gasteiger partial charge < -0.3 is 19.6 Å². The summed E-state index contributed by atoms with van der Waals surface area (Å²) in [5, 5.41) is 11.3. The number of carbonyl (C=O) groups excluding carboxylic acids is 1. The van der Waals surface area contributed by atoms with Gasteiger partial charge in [-0.15, -0.1) is 13.2 Å². The Bertz CT molecular complexity index is 1640. The van der Waals surface area contributed by atoms with Crippen molar-refractivity contribution in [3.05, 3.63) is 83.4 Å². The van der Waals surface area contributed by atoms with Crippen LogP contribution in [-0.4, -0.2) is 41.1 Å². The molecule has 1 heterocycles. The van der Waals surface area contributed by atoms with Crippen molar-refractivity contribution in [2.24, 2.45) is 5.92 Å². The molecule has 1 aromatic heterocycles. The van der Waals surface area contributed by atoms with E-state index in [1.165, 1.54) is 12.1 Å². The quantitative estimate of drug-likeness (QED) is 0.197. The summed E-state index contributed by atoms with van der Waals surface area (Å²) in [6.45, 7) is -0.0517. The van der Waals surface area contributed by atoms with Crippen LogP contribution < -0.4 is 10.1 Å². The first-order chi connectivity index (χ1) is 20.7. The Kier molecular flexibility index (Phi) is 8.32. The Balaban J connectivity index is 1.45. The summed E-state index contributed by atoms with van der Waals surface area (Å²) in [6, 6.07) is 16.7. The van der Waals surface area contributed by atoms with Crippen LogP contribution >= 0.6 is 0 Å². The first-order valence-electron chi connectivity index (χ1n) is 13.7. The van der Waals surface area contributed by atoms with Gasteiger partial charge in [0.2, 0.25) is 5.89 Å². The number of benzene rings is 3. The van der Waals surface area contributed by atoms with E-state index < -0.39 is 41.5 Å². The molecular weight excluding hydrogens is 594 g/mol. The monoisotopic (exact) mass is 620 g/mol. The van der Waals surface area contributed by atoms with Crippen molar-refractivity contribution in [1.82, 2.24) is 10.3 Å². The predicted molar refractivity (Wildman–Crippen MR) is 146 cm³/mol. The standard InChI is InChI=1S/C31H26F6N2O5/c32-30(33,34)21-11-14-29(15-12-21,20-5-1-18(2-6-20)27(42)38-16-13-26(40)41)22-7-10-25-24(17-22)39-28(43-25)19-3-8-23(9-4-19)44-31(35,36)37/h1-10,17,21H,11-16H2,(H,38,42)(H,40,41). The molecule has 0 unspecified atom stereocenters. The Labute approximate surface area is 246 Å². The number of hydrogen-bond donors (Lipinski definition) is 2. The maximum Gasteiger partial charge on any atom is 0.573 e. The van der Waals surface area contributed by atoms with Gasteiger partial charge in [-0.1, -0.05) is 18.2 Å². The zero-order valence-corrected chi connectivity index (χ0v) is 23.0. The molecule has 13 heteroatoms. The van der Waals surface area contributed by atoms with Crippen LogP contribution in [0.1, 0.15) is 53.6 Å². The van der Waals surface area contributed by atoms with Gasteiger partial charge in [0.15, 0.2) is 5.58 Å². The molecule has 0 radical (unpaired) electrons. The van der Waals surface area contributed by atoms with Crippen LogP contribution in [-0.2, 0) is 10.2 Å². The lowest BCUT2D eigenvalue weighted by molar-refractivity contribution is -0.274. The van der Waals surface area contributed by atoms with Crippen molar-refractivity contribution >= 4 is 23.0 Å². The number of aliphatic carboxylic acids is 1. The predicted octanol–water partition coefficient (Wildman–Crippen LogP) is 7.64. The van der Waals surface area contributed by atoms with Crippen LogP contribution in [0.25, 0.3) is 22.6 Å². The smallest absolute Gasteiger partial charge is 0.481 e. The third-order valence-corrected chi connectivity index (χ3v) is 7.90. The van der Waals surface area contributed by atoms with Crippen LogP contribution in [0.15, 0.2) is 71.1 Å². The van der Waals surface area contributed by atoms with E-state index >= 15 is 0 Å². The van der Waals surface area contributed by atoms with E-state index in [9.17, 15) is 35.9 Å². The van der Waals surface area contributed by atoms with E-state index in [4.69, 9.17) is 9.52 Å². The van der Waals surface area contributed by atoms with E-state index in [2.05, 4.69) is 15.0 Å². The minimum atomic E-state index is -4.83. The highest BCUT2D eigenvalue weighted by atomic mass is 19.4. The fourth-order valence-electron chi connectivity index (χ4n) is 5.66. The van der Waals surface area contributed by atoms with Crippen molar-refractivity contribution < 1.29 is 50.2 Å². The number of oxazole rings is 1. The Morgan fingerprint density at radius 1 is 0.932 bits per heavy atom. The molecule has 232 valence electrons. The molecule has 4 aromatic rings. The van der Waals surface area contributed by atoms with Crippen molar-refractivity contribution in [3.63, 3.8) is 0 Å². The number of amides is 1. The summed E-state index contributed by atoms with van der Waals surface area (Å²) in [4.78, 5) is 27.7. The largest absolute Gasteiger partial charge is 0.573 e. The highest BCUT2D eigenvalue weighted by molar-refractivity contribution is 5.94. The number of aromatic nitrogens is 1. The Morgan fingerprint density at radius 2 is 1.57 bits per heavy atom. The van der Waals surface area contributed by atoms with Crippen LogP contribution in [0.4, 0.5) is 26.3 Å². The lowest BCUT2D eigenvalue weighted by Crippen LogP contribution is -2.37. The number of carbonyl (C=O) groups is 2. The van der Waals surface area contributed by atoms with Crippen molar-refractivity contribution in [3.8, 4) is 17.2 Å². The number of alkyl halides is 6. The van der Waals surface area contributed by atoms with Crippen molar-refractivity contribution in [2.75, 3.05) is 6.54 Å². The summed E-state index contributed by atoms with van der Waals surface area (Å²) in [5.41, 5.74) is 2.06. The number of fused-ring (bicyclic) bond motifs is 1. The number of halogens is 6. The lowest BCUT2D eigenvalue weighted by atomic mass is 9.63. The molecule has 0 aliphatic heterocycles. The molecule has 0 atom stereocenters. The third-order valence-electron chi connectivity index (χ3n) is 7.90. The SMILES string of the molecule is O=C(O)CCNC(=O)c1ccc(C2(c3ccc4oc(-c5ccc(OC(F)(F)F)cc5)nc4c3)CCC(C(F)(F)F)CC2)cc1. The molecule has 1 aliphatic carbocycles. The molecule has 1 saturated carbocycles. The van der Waals surface area contributed by atoms with Crippen molar-refractivity contribution in [2.45, 2.75) is 50.1 Å². The molecule has 1 fully saturated rings. The minimum absolute atomic E-state index is 0.0517. The van der Waals surface area contributed by atoms with Gasteiger partial charge in [-0.3, -0.25) is 9.59 Å². The van der Waals surface area contributed by atoms with E-state index in [1.807, 2.05) is 0 Å². The second kappa shape index (κ2) is 11.9. The summed E-state index contributed by atoms with van der Waals surface area (Å²) >= 11 is 0. The molecule has 44 heavy (non-hydrogen) atoms. The van der Waals surface area contributed by atoms with Crippen LogP contribution in [0.2, 0.25) is 0 Å². The Hall–Kier alpha value is -4.55. The van der Waals surface area contributed by atoms with Gasteiger partial charge in [-0.2, -0.15) is 13.2 Å². The number of nitrogens with one attached hydrogen (secondary N) is 1. The zero-order chi connectivity index (χ0) is 31.7. The molecule has 5 rings (SSSR count). The average Bonchev–Trinajstić information content (AvgIpc) is 3.40. The van der Waals surface area contributed by atoms with E-state index in [0.717, 1.165) is 12.1 Å². The number of carboxylic acids is 1. The summed E-state index contributed by atoms with van der Waals surface area (Å²) in [5.74, 6) is -3.23. The molecule has 1 amide bonds. The second-order valence-corrected chi connectivity index (χ2v) is 10.6. The van der Waals surface area contributed by atoms with Crippen LogP contribution in [0, 0.1) is 5.92 Å². The van der Waals surface area contributed by atoms with Gasteiger partial charge in [-0.25, -0.2) is 4.98 Å². The molecule has 1 aliphatic rings. The number of nitrogens with zero attached hydrogens (tertiary/aromatic N) is 1. The molecule has 0 spiro atoms. The van der Waals surface area contributed by atoms with Gasteiger partial charge in [0.1, 0.15) is 11.3 Å². The van der Waals surface area contributed by atoms with E-state index in [0.29, 0.717) is 27.8 Å². The number of hydrogen-bond acceptors (Lipinski definition) is 5. The van der Waals surface area contributed by atoms with Gasteiger partial charge in [0, 0.05) is 23.1 Å². The normalized spacial score (nSPS) is 19.1. The van der Waals surface area contributed by atoms with Crippen LogP contribution in [0.5, 0.6) is 5.75 Å². The topological polar surface area (TPSA) is 102 Å². The summed E-state index contributed by atoms with van der Waals surface area (Å²) in [7, 11) is 0. The molecule has 3 aromatic carbocycles. The summed E-state index contributed by atoms with van der Waals surface area (Å²) in [6.07, 6.45) is -9.24. The second-order valence-electron chi connectivity index (χ2n) is 10.6. The van der Waals surface area contributed by atoms with Gasteiger partial charge >= 0.3 is 18.5 Å². The fraction of sp³-hybridized carbons (Fsp3) is 0.323. The number of ether oxygens (including phenoxy) is 1. The van der Waals surface area contributed by atoms with Gasteiger partial charge in [0.05, 0.1) is 12.3 Å². The lowest BCUT2D eigenvalue weighted by Gasteiger charge is -2.41. The fourth-order valence-corrected chi connectivity index (χ4v) is 5.66. The van der Waals surface area contributed by atoms with E-state index in [1.54, 1.807) is 42.5 Å².